The van der Waals surface area contributed by atoms with Crippen LogP contribution in [0.15, 0.2) is 66.7 Å². The number of amides is 1. The minimum Gasteiger partial charge on any atom is -0.347 e. The maximum absolute atomic E-state index is 13.7. The number of anilines is 2. The first-order valence-electron chi connectivity index (χ1n) is 8.56. The van der Waals surface area contributed by atoms with Crippen LogP contribution in [0, 0.1) is 5.82 Å². The van der Waals surface area contributed by atoms with E-state index in [0.29, 0.717) is 11.3 Å². The summed E-state index contributed by atoms with van der Waals surface area (Å²) < 4.78 is 13.7. The summed E-state index contributed by atoms with van der Waals surface area (Å²) in [7, 11) is 0. The fourth-order valence-electron chi connectivity index (χ4n) is 3.18. The Kier molecular flexibility index (Phi) is 4.35. The summed E-state index contributed by atoms with van der Waals surface area (Å²) in [6, 6.07) is 20.0. The zero-order valence-corrected chi connectivity index (χ0v) is 14.2. The molecule has 4 rings (SSSR count). The van der Waals surface area contributed by atoms with Gasteiger partial charge in [0.25, 0.3) is 5.91 Å². The molecule has 0 atom stereocenters. The van der Waals surface area contributed by atoms with Crippen molar-refractivity contribution in [2.45, 2.75) is 13.0 Å². The molecular weight excluding hydrogens is 329 g/mol. The average molecular weight is 347 g/mol. The monoisotopic (exact) mass is 347 g/mol. The lowest BCUT2D eigenvalue weighted by molar-refractivity contribution is 0.0945. The first kappa shape index (κ1) is 16.3. The second kappa shape index (κ2) is 6.96. The van der Waals surface area contributed by atoms with Crippen molar-refractivity contribution in [1.82, 2.24) is 10.3 Å². The predicted molar refractivity (Wildman–Crippen MR) is 99.0 cm³/mol. The number of nitrogens with one attached hydrogen (secondary N) is 1. The zero-order chi connectivity index (χ0) is 17.9. The molecular formula is C21H18FN3O. The maximum Gasteiger partial charge on any atom is 0.270 e. The van der Waals surface area contributed by atoms with Gasteiger partial charge in [0.15, 0.2) is 0 Å². The number of rotatable bonds is 4. The molecule has 2 aromatic carbocycles. The molecule has 0 unspecified atom stereocenters. The molecule has 130 valence electrons. The third-order valence-corrected chi connectivity index (χ3v) is 4.53. The highest BCUT2D eigenvalue weighted by Crippen LogP contribution is 2.33. The van der Waals surface area contributed by atoms with E-state index in [0.717, 1.165) is 24.5 Å². The Morgan fingerprint density at radius 3 is 2.73 bits per heavy atom. The Balaban J connectivity index is 1.51. The van der Waals surface area contributed by atoms with Gasteiger partial charge >= 0.3 is 0 Å². The van der Waals surface area contributed by atoms with Gasteiger partial charge in [-0.2, -0.15) is 0 Å². The van der Waals surface area contributed by atoms with Gasteiger partial charge in [-0.05, 0) is 36.2 Å². The fraction of sp³-hybridized carbons (Fsp3) is 0.143. The number of hydrogen-bond donors (Lipinski definition) is 1. The summed E-state index contributed by atoms with van der Waals surface area (Å²) >= 11 is 0. The SMILES string of the molecule is O=C(NCc1ccccc1F)c1cccc(N2CCc3ccccc32)n1. The summed E-state index contributed by atoms with van der Waals surface area (Å²) in [5.74, 6) is 0.0965. The van der Waals surface area contributed by atoms with Crippen molar-refractivity contribution in [3.05, 3.63) is 89.4 Å². The highest BCUT2D eigenvalue weighted by molar-refractivity contribution is 5.92. The minimum absolute atomic E-state index is 0.129. The molecule has 0 aliphatic carbocycles. The fourth-order valence-corrected chi connectivity index (χ4v) is 3.18. The second-order valence-electron chi connectivity index (χ2n) is 6.19. The van der Waals surface area contributed by atoms with E-state index >= 15 is 0 Å². The van der Waals surface area contributed by atoms with Crippen molar-refractivity contribution in [1.29, 1.82) is 0 Å². The van der Waals surface area contributed by atoms with Crippen LogP contribution in [0.25, 0.3) is 0 Å². The van der Waals surface area contributed by atoms with E-state index in [9.17, 15) is 9.18 Å². The molecule has 0 radical (unpaired) electrons. The molecule has 3 aromatic rings. The van der Waals surface area contributed by atoms with E-state index in [2.05, 4.69) is 27.3 Å². The molecule has 1 N–H and O–H groups in total. The lowest BCUT2D eigenvalue weighted by Gasteiger charge is -2.18. The Morgan fingerprint density at radius 1 is 1.04 bits per heavy atom. The zero-order valence-electron chi connectivity index (χ0n) is 14.2. The summed E-state index contributed by atoms with van der Waals surface area (Å²) in [6.45, 7) is 0.969. The topological polar surface area (TPSA) is 45.2 Å². The van der Waals surface area contributed by atoms with Crippen LogP contribution in [0.4, 0.5) is 15.9 Å². The maximum atomic E-state index is 13.7. The van der Waals surface area contributed by atoms with Crippen molar-refractivity contribution in [3.63, 3.8) is 0 Å². The molecule has 1 aromatic heterocycles. The van der Waals surface area contributed by atoms with Crippen LogP contribution in [0.2, 0.25) is 0 Å². The van der Waals surface area contributed by atoms with Crippen LogP contribution >= 0.6 is 0 Å². The summed E-state index contributed by atoms with van der Waals surface area (Å²) in [4.78, 5) is 19.0. The van der Waals surface area contributed by atoms with Gasteiger partial charge in [-0.15, -0.1) is 0 Å². The normalized spacial score (nSPS) is 12.7. The van der Waals surface area contributed by atoms with Gasteiger partial charge in [-0.25, -0.2) is 9.37 Å². The van der Waals surface area contributed by atoms with Gasteiger partial charge in [0.05, 0.1) is 0 Å². The number of carbonyl (C=O) groups is 1. The molecule has 0 saturated carbocycles. The molecule has 26 heavy (non-hydrogen) atoms. The van der Waals surface area contributed by atoms with Crippen molar-refractivity contribution >= 4 is 17.4 Å². The van der Waals surface area contributed by atoms with E-state index in [1.54, 1.807) is 24.3 Å². The molecule has 1 aliphatic rings. The number of fused-ring (bicyclic) bond motifs is 1. The number of nitrogens with zero attached hydrogens (tertiary/aromatic N) is 2. The number of aromatic nitrogens is 1. The van der Waals surface area contributed by atoms with Crippen molar-refractivity contribution in [2.24, 2.45) is 0 Å². The van der Waals surface area contributed by atoms with E-state index in [1.807, 2.05) is 24.3 Å². The third kappa shape index (κ3) is 3.16. The number of benzene rings is 2. The first-order chi connectivity index (χ1) is 12.7. The summed E-state index contributed by atoms with van der Waals surface area (Å²) in [5.41, 5.74) is 3.18. The molecule has 2 heterocycles. The highest BCUT2D eigenvalue weighted by atomic mass is 19.1. The standard InChI is InChI=1S/C21H18FN3O/c22-17-8-3-1-7-16(17)14-23-21(26)18-9-5-11-20(24-18)25-13-12-15-6-2-4-10-19(15)25/h1-11H,12-14H2,(H,23,26). The molecule has 5 heteroatoms. The minimum atomic E-state index is -0.330. The Labute approximate surface area is 151 Å². The number of carbonyl (C=O) groups excluding carboxylic acids is 1. The van der Waals surface area contributed by atoms with Crippen LogP contribution < -0.4 is 10.2 Å². The van der Waals surface area contributed by atoms with Gasteiger partial charge in [0.1, 0.15) is 17.3 Å². The smallest absolute Gasteiger partial charge is 0.270 e. The van der Waals surface area contributed by atoms with Crippen molar-refractivity contribution in [3.8, 4) is 0 Å². The lowest BCUT2D eigenvalue weighted by atomic mass is 10.2. The molecule has 1 aliphatic heterocycles. The highest BCUT2D eigenvalue weighted by Gasteiger charge is 2.21. The summed E-state index contributed by atoms with van der Waals surface area (Å²) in [6.07, 6.45) is 0.960. The Morgan fingerprint density at radius 2 is 1.85 bits per heavy atom. The van der Waals surface area contributed by atoms with Gasteiger partial charge < -0.3 is 10.2 Å². The first-order valence-corrected chi connectivity index (χ1v) is 8.56. The average Bonchev–Trinajstić information content (AvgIpc) is 3.11. The van der Waals surface area contributed by atoms with Crippen LogP contribution in [-0.4, -0.2) is 17.4 Å². The molecule has 4 nitrogen and oxygen atoms in total. The largest absolute Gasteiger partial charge is 0.347 e. The number of pyridine rings is 1. The van der Waals surface area contributed by atoms with E-state index in [-0.39, 0.29) is 18.3 Å². The number of halogens is 1. The van der Waals surface area contributed by atoms with Gasteiger partial charge in [-0.3, -0.25) is 4.79 Å². The van der Waals surface area contributed by atoms with Crippen LogP contribution in [0.3, 0.4) is 0 Å². The Hall–Kier alpha value is -3.21. The Bertz CT molecular complexity index is 957. The number of para-hydroxylation sites is 1. The van der Waals surface area contributed by atoms with Crippen molar-refractivity contribution in [2.75, 3.05) is 11.4 Å². The molecule has 0 saturated heterocycles. The van der Waals surface area contributed by atoms with Crippen LogP contribution in [0.5, 0.6) is 0 Å². The predicted octanol–water partition coefficient (Wildman–Crippen LogP) is 3.84. The van der Waals surface area contributed by atoms with Crippen LogP contribution in [-0.2, 0) is 13.0 Å². The molecule has 0 bridgehead atoms. The van der Waals surface area contributed by atoms with Gasteiger partial charge in [0, 0.05) is 24.3 Å². The molecule has 0 fully saturated rings. The summed E-state index contributed by atoms with van der Waals surface area (Å²) in [5, 5.41) is 2.73. The second-order valence-corrected chi connectivity index (χ2v) is 6.19. The molecule has 0 spiro atoms. The van der Waals surface area contributed by atoms with Gasteiger partial charge in [0.2, 0.25) is 0 Å². The third-order valence-electron chi connectivity index (χ3n) is 4.53. The van der Waals surface area contributed by atoms with E-state index < -0.39 is 0 Å². The van der Waals surface area contributed by atoms with Gasteiger partial charge in [-0.1, -0.05) is 42.5 Å². The van der Waals surface area contributed by atoms with E-state index in [1.165, 1.54) is 11.6 Å². The van der Waals surface area contributed by atoms with E-state index in [4.69, 9.17) is 0 Å². The van der Waals surface area contributed by atoms with Crippen LogP contribution in [0.1, 0.15) is 21.6 Å². The quantitative estimate of drug-likeness (QED) is 0.780. The lowest BCUT2D eigenvalue weighted by Crippen LogP contribution is -2.25. The molecule has 1 amide bonds. The van der Waals surface area contributed by atoms with Crippen molar-refractivity contribution < 1.29 is 9.18 Å². The number of hydrogen-bond acceptors (Lipinski definition) is 3.